The lowest BCUT2D eigenvalue weighted by molar-refractivity contribution is -0.138. The topological polar surface area (TPSA) is 85.4 Å². The average molecular weight is 495 g/mol. The van der Waals surface area contributed by atoms with Gasteiger partial charge < -0.3 is 10.1 Å². The number of alkyl halides is 3. The Labute approximate surface area is 197 Å². The van der Waals surface area contributed by atoms with Crippen LogP contribution in [0.5, 0.6) is 11.6 Å². The largest absolute Gasteiger partial charge is 0.438 e. The number of halogens is 3. The Bertz CT molecular complexity index is 1340. The number of rotatable bonds is 5. The Hall–Kier alpha value is -3.40. The van der Waals surface area contributed by atoms with Gasteiger partial charge in [-0.15, -0.1) is 0 Å². The fraction of sp³-hybridized carbons (Fsp3) is 0.250. The molecule has 0 aliphatic heterocycles. The Morgan fingerprint density at radius 3 is 2.35 bits per heavy atom. The monoisotopic (exact) mass is 494 g/mol. The van der Waals surface area contributed by atoms with Crippen LogP contribution < -0.4 is 10.1 Å². The maximum Gasteiger partial charge on any atom is 0.421 e. The van der Waals surface area contributed by atoms with Crippen LogP contribution >= 0.6 is 0 Å². The molecule has 0 aliphatic carbocycles. The van der Waals surface area contributed by atoms with Gasteiger partial charge in [0.25, 0.3) is 5.91 Å². The van der Waals surface area contributed by atoms with Crippen LogP contribution in [0, 0.1) is 0 Å². The first-order valence-corrected chi connectivity index (χ1v) is 12.0. The third kappa shape index (κ3) is 5.93. The zero-order chi connectivity index (χ0) is 25.3. The van der Waals surface area contributed by atoms with Crippen molar-refractivity contribution in [3.05, 3.63) is 77.5 Å². The number of carbonyl (C=O) groups is 1. The molecule has 1 N–H and O–H groups in total. The number of nitrogens with zero attached hydrogens (tertiary/aromatic N) is 1. The number of amides is 1. The van der Waals surface area contributed by atoms with E-state index in [-0.39, 0.29) is 28.7 Å². The van der Waals surface area contributed by atoms with Crippen molar-refractivity contribution < 1.29 is 32.5 Å². The van der Waals surface area contributed by atoms with Gasteiger partial charge in [0.05, 0.1) is 10.5 Å². The zero-order valence-electron chi connectivity index (χ0n) is 18.9. The van der Waals surface area contributed by atoms with Crippen LogP contribution in [0.4, 0.5) is 18.9 Å². The summed E-state index contributed by atoms with van der Waals surface area (Å²) in [5.74, 6) is -1.49. The van der Waals surface area contributed by atoms with Crippen LogP contribution in [0.15, 0.2) is 65.7 Å². The summed E-state index contributed by atoms with van der Waals surface area (Å²) in [4.78, 5) is 16.8. The van der Waals surface area contributed by atoms with Crippen LogP contribution in [0.2, 0.25) is 0 Å². The van der Waals surface area contributed by atoms with Crippen molar-refractivity contribution in [2.24, 2.45) is 0 Å². The summed E-state index contributed by atoms with van der Waals surface area (Å²) in [5.41, 5.74) is -0.580. The van der Waals surface area contributed by atoms with Crippen molar-refractivity contribution >= 4 is 21.4 Å². The van der Waals surface area contributed by atoms with E-state index < -0.39 is 33.4 Å². The molecule has 1 amide bonds. The van der Waals surface area contributed by atoms with Gasteiger partial charge in [-0.2, -0.15) is 13.2 Å². The summed E-state index contributed by atoms with van der Waals surface area (Å²) in [5, 5.41) is 2.57. The number of pyridine rings is 1. The summed E-state index contributed by atoms with van der Waals surface area (Å²) >= 11 is 0. The van der Waals surface area contributed by atoms with Crippen LogP contribution in [-0.4, -0.2) is 25.6 Å². The van der Waals surface area contributed by atoms with E-state index in [1.165, 1.54) is 36.4 Å². The Balaban J connectivity index is 0.00000432. The van der Waals surface area contributed by atoms with Gasteiger partial charge in [0.1, 0.15) is 11.3 Å². The van der Waals surface area contributed by atoms with E-state index in [0.29, 0.717) is 0 Å². The summed E-state index contributed by atoms with van der Waals surface area (Å²) in [6.07, 6.45) is -2.51. The maximum atomic E-state index is 13.5. The van der Waals surface area contributed by atoms with Gasteiger partial charge in [-0.05, 0) is 53.4 Å². The fourth-order valence-electron chi connectivity index (χ4n) is 3.06. The predicted octanol–water partition coefficient (Wildman–Crippen LogP) is 6.09. The molecule has 0 spiro atoms. The zero-order valence-corrected chi connectivity index (χ0v) is 19.7. The van der Waals surface area contributed by atoms with E-state index in [2.05, 4.69) is 10.3 Å². The van der Waals surface area contributed by atoms with Crippen molar-refractivity contribution in [1.29, 1.82) is 0 Å². The molecule has 3 aromatic rings. The summed E-state index contributed by atoms with van der Waals surface area (Å²) < 4.78 is 69.5. The highest BCUT2D eigenvalue weighted by atomic mass is 32.2. The smallest absolute Gasteiger partial charge is 0.421 e. The lowest BCUT2D eigenvalue weighted by atomic mass is 9.86. The molecule has 0 saturated carbocycles. The number of benzene rings is 2. The third-order valence-corrected chi connectivity index (χ3v) is 6.01. The van der Waals surface area contributed by atoms with Crippen LogP contribution in [-0.2, 0) is 21.4 Å². The molecule has 0 aliphatic rings. The number of sulfone groups is 1. The minimum Gasteiger partial charge on any atom is -0.438 e. The van der Waals surface area contributed by atoms with E-state index in [1.807, 2.05) is 20.8 Å². The highest BCUT2D eigenvalue weighted by Gasteiger charge is 2.35. The number of hydrogen-bond donors (Lipinski definition) is 1. The summed E-state index contributed by atoms with van der Waals surface area (Å²) in [7, 11) is -3.51. The van der Waals surface area contributed by atoms with E-state index in [0.717, 1.165) is 30.1 Å². The predicted molar refractivity (Wildman–Crippen MR) is 124 cm³/mol. The number of anilines is 1. The number of carbonyl (C=O) groups excluding carboxylic acids is 1. The molecule has 0 fully saturated rings. The lowest BCUT2D eigenvalue weighted by Crippen LogP contribution is -2.16. The minimum absolute atomic E-state index is 0. The number of hydrogen-bond acceptors (Lipinski definition) is 5. The Kier molecular flexibility index (Phi) is 6.75. The van der Waals surface area contributed by atoms with Crippen LogP contribution in [0.3, 0.4) is 0 Å². The van der Waals surface area contributed by atoms with Gasteiger partial charge in [-0.3, -0.25) is 4.79 Å². The summed E-state index contributed by atoms with van der Waals surface area (Å²) in [6, 6.07) is 12.2. The van der Waals surface area contributed by atoms with E-state index in [1.54, 1.807) is 6.07 Å². The molecule has 0 unspecified atom stereocenters. The molecule has 6 nitrogen and oxygen atoms in total. The van der Waals surface area contributed by atoms with Gasteiger partial charge >= 0.3 is 6.18 Å². The number of ether oxygens (including phenoxy) is 1. The Morgan fingerprint density at radius 2 is 1.74 bits per heavy atom. The van der Waals surface area contributed by atoms with E-state index in [4.69, 9.17) is 4.74 Å². The van der Waals surface area contributed by atoms with Crippen molar-refractivity contribution in [3.8, 4) is 11.6 Å². The van der Waals surface area contributed by atoms with Gasteiger partial charge in [0.15, 0.2) is 9.84 Å². The molecule has 182 valence electrons. The standard InChI is InChI=1S/C24H23F3N2O4S.H2/c1-23(2,3)15-10-11-18(21(30)29-16-7-5-8-17(14-16)34(4,31)32)20(13-15)33-22-19(24(25,26)27)9-6-12-28-22;/h5-14H,1-4H3,(H,29,30);1H. The normalized spacial score (nSPS) is 12.3. The number of nitrogens with one attached hydrogen (secondary N) is 1. The lowest BCUT2D eigenvalue weighted by Gasteiger charge is -2.21. The van der Waals surface area contributed by atoms with Crippen molar-refractivity contribution in [2.75, 3.05) is 11.6 Å². The average Bonchev–Trinajstić information content (AvgIpc) is 2.72. The highest BCUT2D eigenvalue weighted by Crippen LogP contribution is 2.38. The molecular weight excluding hydrogens is 469 g/mol. The maximum absolute atomic E-state index is 13.5. The first-order chi connectivity index (χ1) is 15.7. The quantitative estimate of drug-likeness (QED) is 0.464. The first kappa shape index (κ1) is 25.2. The second-order valence-electron chi connectivity index (χ2n) is 8.67. The molecular formula is C24H25F3N2O4S. The van der Waals surface area contributed by atoms with Gasteiger partial charge in [-0.25, -0.2) is 13.4 Å². The molecule has 34 heavy (non-hydrogen) atoms. The molecule has 0 radical (unpaired) electrons. The first-order valence-electron chi connectivity index (χ1n) is 10.1. The van der Waals surface area contributed by atoms with E-state index >= 15 is 0 Å². The molecule has 10 heteroatoms. The number of aromatic nitrogens is 1. The molecule has 0 atom stereocenters. The van der Waals surface area contributed by atoms with Crippen LogP contribution in [0.1, 0.15) is 43.7 Å². The van der Waals surface area contributed by atoms with E-state index in [9.17, 15) is 26.4 Å². The van der Waals surface area contributed by atoms with Crippen molar-refractivity contribution in [2.45, 2.75) is 37.3 Å². The molecule has 0 bridgehead atoms. The molecule has 1 aromatic heterocycles. The van der Waals surface area contributed by atoms with Crippen molar-refractivity contribution in [1.82, 2.24) is 4.98 Å². The fourth-order valence-corrected chi connectivity index (χ4v) is 3.72. The minimum atomic E-state index is -4.71. The molecule has 3 rings (SSSR count). The highest BCUT2D eigenvalue weighted by molar-refractivity contribution is 7.90. The van der Waals surface area contributed by atoms with Crippen LogP contribution in [0.25, 0.3) is 0 Å². The summed E-state index contributed by atoms with van der Waals surface area (Å²) in [6.45, 7) is 5.72. The van der Waals surface area contributed by atoms with Crippen molar-refractivity contribution in [3.63, 3.8) is 0 Å². The molecule has 2 aromatic carbocycles. The van der Waals surface area contributed by atoms with Gasteiger partial charge in [0.2, 0.25) is 5.88 Å². The Morgan fingerprint density at radius 1 is 1.03 bits per heavy atom. The van der Waals surface area contributed by atoms with Gasteiger partial charge in [0, 0.05) is 19.6 Å². The SMILES string of the molecule is CC(C)(C)c1ccc(C(=O)Nc2cccc(S(C)(=O)=O)c2)c(Oc2ncccc2C(F)(F)F)c1.[HH]. The van der Waals surface area contributed by atoms with Gasteiger partial charge in [-0.1, -0.05) is 32.9 Å². The third-order valence-electron chi connectivity index (χ3n) is 4.90. The second kappa shape index (κ2) is 9.09. The molecule has 1 heterocycles. The molecule has 0 saturated heterocycles. The second-order valence-corrected chi connectivity index (χ2v) is 10.7.